The van der Waals surface area contributed by atoms with E-state index in [0.29, 0.717) is 10.0 Å². The van der Waals surface area contributed by atoms with Crippen molar-refractivity contribution in [2.45, 2.75) is 26.4 Å². The van der Waals surface area contributed by atoms with E-state index in [2.05, 4.69) is 21.2 Å². The first-order valence-corrected chi connectivity index (χ1v) is 7.20. The van der Waals surface area contributed by atoms with Gasteiger partial charge in [-0.25, -0.2) is 4.39 Å². The van der Waals surface area contributed by atoms with Gasteiger partial charge in [-0.1, -0.05) is 35.8 Å². The monoisotopic (exact) mass is 342 g/mol. The average Bonchev–Trinajstić information content (AvgIpc) is 2.36. The van der Waals surface area contributed by atoms with Crippen LogP contribution in [0.15, 0.2) is 22.7 Å². The number of nitrogens with one attached hydrogen (secondary N) is 1. The Morgan fingerprint density at radius 2 is 2.15 bits per heavy atom. The number of hydrogen-bond acceptors (Lipinski definition) is 2. The molecular formula is C14H16BrFN2O2. The van der Waals surface area contributed by atoms with Gasteiger partial charge in [0.25, 0.3) is 0 Å². The lowest BCUT2D eigenvalue weighted by molar-refractivity contribution is -0.146. The van der Waals surface area contributed by atoms with Crippen LogP contribution < -0.4 is 5.32 Å². The molecule has 2 amide bonds. The summed E-state index contributed by atoms with van der Waals surface area (Å²) >= 11 is 3.19. The molecule has 1 N–H and O–H groups in total. The predicted octanol–water partition coefficient (Wildman–Crippen LogP) is 2.07. The number of hydrogen-bond donors (Lipinski definition) is 1. The molecule has 0 radical (unpaired) electrons. The summed E-state index contributed by atoms with van der Waals surface area (Å²) in [5.41, 5.74) is 0.402. The maximum absolute atomic E-state index is 13.8. The second-order valence-corrected chi connectivity index (χ2v) is 6.13. The molecule has 1 aromatic carbocycles. The molecule has 0 aliphatic carbocycles. The summed E-state index contributed by atoms with van der Waals surface area (Å²) in [4.78, 5) is 25.3. The van der Waals surface area contributed by atoms with E-state index in [-0.39, 0.29) is 36.6 Å². The van der Waals surface area contributed by atoms with E-state index in [0.717, 1.165) is 0 Å². The topological polar surface area (TPSA) is 49.4 Å². The lowest BCUT2D eigenvalue weighted by Crippen LogP contribution is -2.59. The summed E-state index contributed by atoms with van der Waals surface area (Å²) in [6.07, 6.45) is 0. The Morgan fingerprint density at radius 1 is 1.45 bits per heavy atom. The van der Waals surface area contributed by atoms with Crippen LogP contribution in [0.5, 0.6) is 0 Å². The maximum atomic E-state index is 13.8. The van der Waals surface area contributed by atoms with Gasteiger partial charge in [0.15, 0.2) is 0 Å². The smallest absolute Gasteiger partial charge is 0.246 e. The molecule has 0 saturated carbocycles. The van der Waals surface area contributed by atoms with Crippen molar-refractivity contribution in [2.75, 3.05) is 6.54 Å². The minimum Gasteiger partial charge on any atom is -0.343 e. The highest BCUT2D eigenvalue weighted by molar-refractivity contribution is 9.10. The molecule has 1 saturated heterocycles. The molecule has 1 aliphatic heterocycles. The molecule has 1 aromatic rings. The SMILES string of the molecule is CC(C)C1NC(=O)CN(Cc2ccc(Br)cc2F)C1=O. The van der Waals surface area contributed by atoms with Gasteiger partial charge in [-0.05, 0) is 18.1 Å². The third-order valence-electron chi connectivity index (χ3n) is 3.27. The van der Waals surface area contributed by atoms with Crippen molar-refractivity contribution >= 4 is 27.7 Å². The third-order valence-corrected chi connectivity index (χ3v) is 3.76. The highest BCUT2D eigenvalue weighted by Gasteiger charge is 2.34. The van der Waals surface area contributed by atoms with Crippen LogP contribution in [0.2, 0.25) is 0 Å². The van der Waals surface area contributed by atoms with E-state index in [1.807, 2.05) is 13.8 Å². The summed E-state index contributed by atoms with van der Waals surface area (Å²) in [6, 6.07) is 4.15. The third kappa shape index (κ3) is 3.17. The average molecular weight is 343 g/mol. The largest absolute Gasteiger partial charge is 0.343 e. The van der Waals surface area contributed by atoms with E-state index in [9.17, 15) is 14.0 Å². The van der Waals surface area contributed by atoms with Crippen molar-refractivity contribution in [1.82, 2.24) is 10.2 Å². The molecule has 6 heteroatoms. The van der Waals surface area contributed by atoms with Crippen LogP contribution in [-0.2, 0) is 16.1 Å². The first-order valence-electron chi connectivity index (χ1n) is 6.40. The summed E-state index contributed by atoms with van der Waals surface area (Å²) in [6.45, 7) is 3.81. The minimum absolute atomic E-state index is 0.00372. The molecular weight excluding hydrogens is 327 g/mol. The number of carbonyl (C=O) groups excluding carboxylic acids is 2. The molecule has 1 fully saturated rings. The number of halogens is 2. The summed E-state index contributed by atoms with van der Waals surface area (Å²) in [5.74, 6) is -0.758. The molecule has 4 nitrogen and oxygen atoms in total. The first-order chi connectivity index (χ1) is 9.38. The number of amides is 2. The minimum atomic E-state index is -0.533. The first kappa shape index (κ1) is 15.0. The number of rotatable bonds is 3. The van der Waals surface area contributed by atoms with E-state index in [4.69, 9.17) is 0 Å². The predicted molar refractivity (Wildman–Crippen MR) is 76.3 cm³/mol. The maximum Gasteiger partial charge on any atom is 0.246 e. The van der Waals surface area contributed by atoms with Gasteiger partial charge in [-0.3, -0.25) is 9.59 Å². The van der Waals surface area contributed by atoms with Gasteiger partial charge in [0.2, 0.25) is 11.8 Å². The van der Waals surface area contributed by atoms with Crippen molar-refractivity contribution in [1.29, 1.82) is 0 Å². The number of piperazine rings is 1. The molecule has 1 heterocycles. The lowest BCUT2D eigenvalue weighted by Gasteiger charge is -2.34. The van der Waals surface area contributed by atoms with Crippen LogP contribution in [0.25, 0.3) is 0 Å². The Bertz CT molecular complexity index is 548. The van der Waals surface area contributed by atoms with Gasteiger partial charge in [-0.2, -0.15) is 0 Å². The highest BCUT2D eigenvalue weighted by atomic mass is 79.9. The number of nitrogens with zero attached hydrogens (tertiary/aromatic N) is 1. The zero-order valence-electron chi connectivity index (χ0n) is 11.3. The van der Waals surface area contributed by atoms with Crippen LogP contribution in [0.1, 0.15) is 19.4 Å². The Kier molecular flexibility index (Phi) is 4.42. The van der Waals surface area contributed by atoms with E-state index < -0.39 is 6.04 Å². The molecule has 0 aromatic heterocycles. The fourth-order valence-corrected chi connectivity index (χ4v) is 2.50. The summed E-state index contributed by atoms with van der Waals surface area (Å²) in [7, 11) is 0. The van der Waals surface area contributed by atoms with Crippen LogP contribution in [0.3, 0.4) is 0 Å². The van der Waals surface area contributed by atoms with Crippen molar-refractivity contribution in [3.8, 4) is 0 Å². The van der Waals surface area contributed by atoms with Crippen molar-refractivity contribution in [2.24, 2.45) is 5.92 Å². The number of benzene rings is 1. The van der Waals surface area contributed by atoms with Crippen LogP contribution in [0.4, 0.5) is 4.39 Å². The Hall–Kier alpha value is -1.43. The summed E-state index contributed by atoms with van der Waals surface area (Å²) in [5, 5.41) is 2.67. The fourth-order valence-electron chi connectivity index (χ4n) is 2.17. The van der Waals surface area contributed by atoms with Gasteiger partial charge in [-0.15, -0.1) is 0 Å². The van der Waals surface area contributed by atoms with Crippen LogP contribution >= 0.6 is 15.9 Å². The highest BCUT2D eigenvalue weighted by Crippen LogP contribution is 2.19. The molecule has 108 valence electrons. The van der Waals surface area contributed by atoms with Crippen LogP contribution in [0, 0.1) is 11.7 Å². The second kappa shape index (κ2) is 5.91. The second-order valence-electron chi connectivity index (χ2n) is 5.22. The zero-order valence-corrected chi connectivity index (χ0v) is 12.9. The molecule has 1 unspecified atom stereocenters. The summed E-state index contributed by atoms with van der Waals surface area (Å²) < 4.78 is 14.5. The van der Waals surface area contributed by atoms with Gasteiger partial charge in [0.1, 0.15) is 11.9 Å². The Morgan fingerprint density at radius 3 is 2.75 bits per heavy atom. The van der Waals surface area contributed by atoms with E-state index in [1.165, 1.54) is 11.0 Å². The van der Waals surface area contributed by atoms with Crippen molar-refractivity contribution in [3.05, 3.63) is 34.1 Å². The molecule has 20 heavy (non-hydrogen) atoms. The molecule has 0 bridgehead atoms. The van der Waals surface area contributed by atoms with Gasteiger partial charge in [0.05, 0.1) is 6.54 Å². The van der Waals surface area contributed by atoms with Crippen molar-refractivity contribution < 1.29 is 14.0 Å². The van der Waals surface area contributed by atoms with Crippen LogP contribution in [-0.4, -0.2) is 29.3 Å². The molecule has 1 atom stereocenters. The van der Waals surface area contributed by atoms with Gasteiger partial charge < -0.3 is 10.2 Å². The van der Waals surface area contributed by atoms with Gasteiger partial charge in [0, 0.05) is 16.6 Å². The lowest BCUT2D eigenvalue weighted by atomic mass is 10.0. The van der Waals surface area contributed by atoms with E-state index in [1.54, 1.807) is 12.1 Å². The Balaban J connectivity index is 2.19. The Labute approximate surface area is 125 Å². The van der Waals surface area contributed by atoms with Crippen molar-refractivity contribution in [3.63, 3.8) is 0 Å². The number of carbonyl (C=O) groups is 2. The molecule has 0 spiro atoms. The standard InChI is InChI=1S/C14H16BrFN2O2/c1-8(2)13-14(20)18(7-12(19)17-13)6-9-3-4-10(15)5-11(9)16/h3-5,8,13H,6-7H2,1-2H3,(H,17,19). The molecule has 1 aliphatic rings. The van der Waals surface area contributed by atoms with E-state index >= 15 is 0 Å². The fraction of sp³-hybridized carbons (Fsp3) is 0.429. The normalized spacial score (nSPS) is 19.4. The zero-order chi connectivity index (χ0) is 14.9. The quantitative estimate of drug-likeness (QED) is 0.914. The van der Waals surface area contributed by atoms with Gasteiger partial charge >= 0.3 is 0 Å². The molecule has 2 rings (SSSR count).